The van der Waals surface area contributed by atoms with Gasteiger partial charge in [-0.25, -0.2) is 0 Å². The minimum atomic E-state index is -0.0775. The van der Waals surface area contributed by atoms with Crippen LogP contribution in [-0.2, 0) is 18.9 Å². The van der Waals surface area contributed by atoms with Crippen molar-refractivity contribution in [3.63, 3.8) is 0 Å². The maximum atomic E-state index is 13.5. The summed E-state index contributed by atoms with van der Waals surface area (Å²) in [4.78, 5) is 18.1. The topological polar surface area (TPSA) is 38.1 Å². The lowest BCUT2D eigenvalue weighted by molar-refractivity contribution is 0.0687. The molecule has 0 aliphatic carbocycles. The number of carbonyl (C=O) groups excluding carboxylic acids is 1. The molecule has 0 spiro atoms. The van der Waals surface area contributed by atoms with Crippen LogP contribution in [0.15, 0.2) is 35.0 Å². The molecule has 1 atom stereocenters. The molecule has 0 bridgehead atoms. The largest absolute Gasteiger partial charge is 0.325 e. The zero-order valence-corrected chi connectivity index (χ0v) is 17.2. The Bertz CT molecular complexity index is 931. The summed E-state index contributed by atoms with van der Waals surface area (Å²) in [6.07, 6.45) is 0.921. The van der Waals surface area contributed by atoms with Gasteiger partial charge in [-0.1, -0.05) is 26.8 Å². The van der Waals surface area contributed by atoms with Crippen LogP contribution in [-0.4, -0.2) is 27.1 Å². The molecule has 4 heterocycles. The Labute approximate surface area is 162 Å². The van der Waals surface area contributed by atoms with Gasteiger partial charge in [0, 0.05) is 28.8 Å². The number of aromatic nitrogens is 2. The lowest BCUT2D eigenvalue weighted by Gasteiger charge is -2.35. The van der Waals surface area contributed by atoms with Crippen molar-refractivity contribution in [1.82, 2.24) is 14.7 Å². The van der Waals surface area contributed by atoms with E-state index >= 15 is 0 Å². The standard InChI is InChI=1S/C20H23N3OS2/c1-20(2,3)17-12-14(22(4)21-17)19(24)23-9-7-15-13(8-11-26-15)18(23)16-6-5-10-25-16/h5-6,8,10-12,18H,7,9H2,1-4H3. The van der Waals surface area contributed by atoms with Crippen LogP contribution in [0, 0.1) is 0 Å². The smallest absolute Gasteiger partial charge is 0.272 e. The van der Waals surface area contributed by atoms with Crippen LogP contribution >= 0.6 is 22.7 Å². The van der Waals surface area contributed by atoms with Gasteiger partial charge in [0.2, 0.25) is 0 Å². The summed E-state index contributed by atoms with van der Waals surface area (Å²) in [6.45, 7) is 7.11. The van der Waals surface area contributed by atoms with Crippen molar-refractivity contribution in [1.29, 1.82) is 0 Å². The molecule has 1 amide bonds. The van der Waals surface area contributed by atoms with Gasteiger partial charge in [0.05, 0.1) is 11.7 Å². The second-order valence-electron chi connectivity index (χ2n) is 7.75. The van der Waals surface area contributed by atoms with E-state index in [0.29, 0.717) is 5.69 Å². The molecule has 4 nitrogen and oxygen atoms in total. The first-order valence-electron chi connectivity index (χ1n) is 8.81. The molecule has 0 N–H and O–H groups in total. The van der Waals surface area contributed by atoms with E-state index in [1.165, 1.54) is 15.3 Å². The molecule has 0 saturated heterocycles. The number of amides is 1. The fourth-order valence-electron chi connectivity index (χ4n) is 3.47. The van der Waals surface area contributed by atoms with Gasteiger partial charge in [-0.2, -0.15) is 5.10 Å². The second kappa shape index (κ2) is 6.35. The third kappa shape index (κ3) is 2.91. The van der Waals surface area contributed by atoms with Gasteiger partial charge in [-0.15, -0.1) is 22.7 Å². The normalized spacial score (nSPS) is 17.4. The first kappa shape index (κ1) is 17.5. The van der Waals surface area contributed by atoms with E-state index in [-0.39, 0.29) is 17.4 Å². The third-order valence-electron chi connectivity index (χ3n) is 4.91. The molecule has 136 valence electrons. The summed E-state index contributed by atoms with van der Waals surface area (Å²) < 4.78 is 1.73. The maximum absolute atomic E-state index is 13.5. The van der Waals surface area contributed by atoms with Crippen molar-refractivity contribution >= 4 is 28.6 Å². The number of hydrogen-bond acceptors (Lipinski definition) is 4. The van der Waals surface area contributed by atoms with Crippen molar-refractivity contribution in [3.8, 4) is 0 Å². The summed E-state index contributed by atoms with van der Waals surface area (Å²) in [5.41, 5.74) is 2.81. The van der Waals surface area contributed by atoms with E-state index in [1.54, 1.807) is 27.4 Å². The molecule has 0 radical (unpaired) electrons. The predicted octanol–water partition coefficient (Wildman–Crippen LogP) is 4.63. The molecule has 1 aliphatic rings. The summed E-state index contributed by atoms with van der Waals surface area (Å²) in [5, 5.41) is 8.82. The van der Waals surface area contributed by atoms with Gasteiger partial charge in [0.25, 0.3) is 5.91 Å². The first-order chi connectivity index (χ1) is 12.4. The molecule has 3 aromatic heterocycles. The quantitative estimate of drug-likeness (QED) is 0.645. The monoisotopic (exact) mass is 385 g/mol. The molecule has 1 aliphatic heterocycles. The Morgan fingerprint density at radius 2 is 2.04 bits per heavy atom. The van der Waals surface area contributed by atoms with Crippen LogP contribution < -0.4 is 0 Å². The lowest BCUT2D eigenvalue weighted by atomic mass is 9.92. The van der Waals surface area contributed by atoms with Crippen molar-refractivity contribution in [2.45, 2.75) is 38.6 Å². The van der Waals surface area contributed by atoms with E-state index in [0.717, 1.165) is 18.7 Å². The molecule has 6 heteroatoms. The Balaban J connectivity index is 1.75. The van der Waals surface area contributed by atoms with Crippen LogP contribution in [0.1, 0.15) is 58.3 Å². The lowest BCUT2D eigenvalue weighted by Crippen LogP contribution is -2.40. The minimum absolute atomic E-state index is 0.00508. The van der Waals surface area contributed by atoms with Crippen LogP contribution in [0.2, 0.25) is 0 Å². The average molecular weight is 386 g/mol. The second-order valence-corrected chi connectivity index (χ2v) is 9.73. The molecular weight excluding hydrogens is 362 g/mol. The Morgan fingerprint density at radius 3 is 2.69 bits per heavy atom. The van der Waals surface area contributed by atoms with Gasteiger partial charge in [0.15, 0.2) is 0 Å². The van der Waals surface area contributed by atoms with Crippen LogP contribution in [0.25, 0.3) is 0 Å². The molecule has 0 aromatic carbocycles. The van der Waals surface area contributed by atoms with Gasteiger partial charge >= 0.3 is 0 Å². The molecular formula is C20H23N3OS2. The van der Waals surface area contributed by atoms with Crippen LogP contribution in [0.4, 0.5) is 0 Å². The van der Waals surface area contributed by atoms with Crippen molar-refractivity contribution in [2.24, 2.45) is 7.05 Å². The number of aryl methyl sites for hydroxylation is 1. The van der Waals surface area contributed by atoms with Gasteiger partial charge in [-0.05, 0) is 40.9 Å². The minimum Gasteiger partial charge on any atom is -0.325 e. The molecule has 26 heavy (non-hydrogen) atoms. The molecule has 0 fully saturated rings. The summed E-state index contributed by atoms with van der Waals surface area (Å²) in [6, 6.07) is 8.33. The highest BCUT2D eigenvalue weighted by atomic mass is 32.1. The van der Waals surface area contributed by atoms with Crippen molar-refractivity contribution < 1.29 is 4.79 Å². The van der Waals surface area contributed by atoms with Crippen LogP contribution in [0.3, 0.4) is 0 Å². The number of thiophene rings is 2. The van der Waals surface area contributed by atoms with Gasteiger partial charge < -0.3 is 4.90 Å². The average Bonchev–Trinajstić information content (AvgIpc) is 3.32. The first-order valence-corrected chi connectivity index (χ1v) is 10.6. The summed E-state index contributed by atoms with van der Waals surface area (Å²) >= 11 is 3.51. The Hall–Kier alpha value is -1.92. The highest BCUT2D eigenvalue weighted by Crippen LogP contribution is 2.40. The van der Waals surface area contributed by atoms with E-state index < -0.39 is 0 Å². The molecule has 3 aromatic rings. The Kier molecular flexibility index (Phi) is 4.28. The van der Waals surface area contributed by atoms with Crippen molar-refractivity contribution in [2.75, 3.05) is 6.54 Å². The highest BCUT2D eigenvalue weighted by Gasteiger charge is 2.35. The molecule has 0 saturated carbocycles. The van der Waals surface area contributed by atoms with Crippen molar-refractivity contribution in [3.05, 3.63) is 61.7 Å². The van der Waals surface area contributed by atoms with Gasteiger partial charge in [-0.3, -0.25) is 9.48 Å². The summed E-state index contributed by atoms with van der Waals surface area (Å²) in [5.74, 6) is 0.0609. The van der Waals surface area contributed by atoms with Crippen LogP contribution in [0.5, 0.6) is 0 Å². The highest BCUT2D eigenvalue weighted by molar-refractivity contribution is 7.10. The number of carbonyl (C=O) groups is 1. The molecule has 1 unspecified atom stereocenters. The molecule has 4 rings (SSSR count). The van der Waals surface area contributed by atoms with E-state index in [2.05, 4.69) is 54.8 Å². The number of hydrogen-bond donors (Lipinski definition) is 0. The van der Waals surface area contributed by atoms with E-state index in [9.17, 15) is 4.79 Å². The fourth-order valence-corrected chi connectivity index (χ4v) is 5.23. The number of fused-ring (bicyclic) bond motifs is 1. The summed E-state index contributed by atoms with van der Waals surface area (Å²) in [7, 11) is 1.86. The predicted molar refractivity (Wildman–Crippen MR) is 107 cm³/mol. The van der Waals surface area contributed by atoms with Gasteiger partial charge in [0.1, 0.15) is 5.69 Å². The number of rotatable bonds is 2. The van der Waals surface area contributed by atoms with E-state index in [4.69, 9.17) is 0 Å². The maximum Gasteiger partial charge on any atom is 0.272 e. The fraction of sp³-hybridized carbons (Fsp3) is 0.400. The Morgan fingerprint density at radius 1 is 1.23 bits per heavy atom. The SMILES string of the molecule is Cn1nc(C(C)(C)C)cc1C(=O)N1CCc2sccc2C1c1cccs1. The number of nitrogens with zero attached hydrogens (tertiary/aromatic N) is 3. The third-order valence-corrected chi connectivity index (χ3v) is 6.83. The zero-order chi connectivity index (χ0) is 18.5. The van der Waals surface area contributed by atoms with E-state index in [1.807, 2.05) is 18.0 Å². The zero-order valence-electron chi connectivity index (χ0n) is 15.5.